The van der Waals surface area contributed by atoms with E-state index in [1.807, 2.05) is 0 Å². The molecule has 0 aliphatic heterocycles. The summed E-state index contributed by atoms with van der Waals surface area (Å²) in [6.07, 6.45) is 26.7. The second-order valence-corrected chi connectivity index (χ2v) is 9.23. The standard InChI is InChI=1S/C28H52O4/c1-3-5-7-8-9-10-11-12-13-14-15-16-21-25-28(31)32-26(22-18-6-4-2)23-19-17-20-24-27(29)30/h10-11,26H,3-9,12-25H2,1-2H3,(H,29,30)/b11-10-. The summed E-state index contributed by atoms with van der Waals surface area (Å²) in [5.74, 6) is -0.784. The quantitative estimate of drug-likeness (QED) is 0.0902. The van der Waals surface area contributed by atoms with Crippen LogP contribution in [-0.2, 0) is 14.3 Å². The van der Waals surface area contributed by atoms with Gasteiger partial charge in [0.15, 0.2) is 0 Å². The van der Waals surface area contributed by atoms with E-state index < -0.39 is 5.97 Å². The molecule has 32 heavy (non-hydrogen) atoms. The maximum Gasteiger partial charge on any atom is 0.306 e. The van der Waals surface area contributed by atoms with Crippen LogP contribution >= 0.6 is 0 Å². The van der Waals surface area contributed by atoms with Crippen molar-refractivity contribution in [2.24, 2.45) is 0 Å². The zero-order valence-corrected chi connectivity index (χ0v) is 21.3. The molecule has 0 saturated heterocycles. The highest BCUT2D eigenvalue weighted by atomic mass is 16.5. The monoisotopic (exact) mass is 452 g/mol. The first kappa shape index (κ1) is 30.7. The molecule has 0 aliphatic rings. The number of carboxylic acids is 1. The Morgan fingerprint density at radius 1 is 0.656 bits per heavy atom. The zero-order valence-electron chi connectivity index (χ0n) is 21.3. The number of rotatable bonds is 24. The molecule has 0 rings (SSSR count). The van der Waals surface area contributed by atoms with Crippen LogP contribution < -0.4 is 0 Å². The van der Waals surface area contributed by atoms with E-state index in [-0.39, 0.29) is 18.5 Å². The summed E-state index contributed by atoms with van der Waals surface area (Å²) in [5.41, 5.74) is 0. The van der Waals surface area contributed by atoms with Gasteiger partial charge in [-0.2, -0.15) is 0 Å². The number of aliphatic carboxylic acids is 1. The second kappa shape index (κ2) is 24.3. The average Bonchev–Trinajstić information content (AvgIpc) is 2.76. The van der Waals surface area contributed by atoms with E-state index in [1.165, 1.54) is 64.2 Å². The Balaban J connectivity index is 3.78. The largest absolute Gasteiger partial charge is 0.481 e. The first-order chi connectivity index (χ1) is 15.6. The predicted molar refractivity (Wildman–Crippen MR) is 135 cm³/mol. The van der Waals surface area contributed by atoms with E-state index in [0.29, 0.717) is 12.8 Å². The molecular weight excluding hydrogens is 400 g/mol. The summed E-state index contributed by atoms with van der Waals surface area (Å²) >= 11 is 0. The minimum Gasteiger partial charge on any atom is -0.481 e. The average molecular weight is 453 g/mol. The number of hydrogen-bond donors (Lipinski definition) is 1. The van der Waals surface area contributed by atoms with Crippen LogP contribution in [0.1, 0.15) is 149 Å². The molecule has 1 unspecified atom stereocenters. The lowest BCUT2D eigenvalue weighted by molar-refractivity contribution is -0.150. The van der Waals surface area contributed by atoms with Crippen LogP contribution in [0.3, 0.4) is 0 Å². The van der Waals surface area contributed by atoms with Crippen molar-refractivity contribution in [1.82, 2.24) is 0 Å². The number of carbonyl (C=O) groups excluding carboxylic acids is 1. The zero-order chi connectivity index (χ0) is 23.7. The molecule has 0 aromatic rings. The topological polar surface area (TPSA) is 63.6 Å². The molecule has 0 radical (unpaired) electrons. The van der Waals surface area contributed by atoms with Gasteiger partial charge in [-0.3, -0.25) is 9.59 Å². The van der Waals surface area contributed by atoms with Crippen molar-refractivity contribution in [2.45, 2.75) is 155 Å². The molecule has 0 amide bonds. The minimum absolute atomic E-state index is 0.00707. The van der Waals surface area contributed by atoms with E-state index in [4.69, 9.17) is 9.84 Å². The molecule has 188 valence electrons. The molecule has 1 atom stereocenters. The van der Waals surface area contributed by atoms with Crippen molar-refractivity contribution < 1.29 is 19.4 Å². The third-order valence-electron chi connectivity index (χ3n) is 5.99. The number of allylic oxidation sites excluding steroid dienone is 2. The number of carbonyl (C=O) groups is 2. The summed E-state index contributed by atoms with van der Waals surface area (Å²) in [6, 6.07) is 0. The molecule has 0 bridgehead atoms. The number of hydrogen-bond acceptors (Lipinski definition) is 3. The highest BCUT2D eigenvalue weighted by Crippen LogP contribution is 2.17. The van der Waals surface area contributed by atoms with Gasteiger partial charge in [0.1, 0.15) is 6.10 Å². The predicted octanol–water partition coefficient (Wildman–Crippen LogP) is 8.77. The molecule has 0 spiro atoms. The third kappa shape index (κ3) is 23.3. The van der Waals surface area contributed by atoms with Crippen molar-refractivity contribution in [2.75, 3.05) is 0 Å². The first-order valence-electron chi connectivity index (χ1n) is 13.7. The van der Waals surface area contributed by atoms with Crippen molar-refractivity contribution in [3.8, 4) is 0 Å². The van der Waals surface area contributed by atoms with E-state index in [2.05, 4.69) is 26.0 Å². The van der Waals surface area contributed by atoms with Crippen molar-refractivity contribution in [3.05, 3.63) is 12.2 Å². The van der Waals surface area contributed by atoms with Crippen LogP contribution in [0.25, 0.3) is 0 Å². The van der Waals surface area contributed by atoms with Crippen LogP contribution in [0.5, 0.6) is 0 Å². The Hall–Kier alpha value is -1.32. The van der Waals surface area contributed by atoms with Gasteiger partial charge in [-0.15, -0.1) is 0 Å². The Morgan fingerprint density at radius 2 is 1.12 bits per heavy atom. The minimum atomic E-state index is -0.731. The summed E-state index contributed by atoms with van der Waals surface area (Å²) in [7, 11) is 0. The van der Waals surface area contributed by atoms with Gasteiger partial charge in [0.2, 0.25) is 0 Å². The lowest BCUT2D eigenvalue weighted by atomic mass is 10.0. The molecule has 0 heterocycles. The van der Waals surface area contributed by atoms with Crippen LogP contribution in [0.15, 0.2) is 12.2 Å². The first-order valence-corrected chi connectivity index (χ1v) is 13.7. The molecule has 0 aromatic carbocycles. The fraction of sp³-hybridized carbons (Fsp3) is 0.857. The third-order valence-corrected chi connectivity index (χ3v) is 5.99. The highest BCUT2D eigenvalue weighted by molar-refractivity contribution is 5.69. The number of unbranched alkanes of at least 4 members (excludes halogenated alkanes) is 13. The Kier molecular flexibility index (Phi) is 23.3. The number of ether oxygens (including phenoxy) is 1. The fourth-order valence-corrected chi connectivity index (χ4v) is 3.94. The second-order valence-electron chi connectivity index (χ2n) is 9.23. The van der Waals surface area contributed by atoms with Crippen LogP contribution in [0.4, 0.5) is 0 Å². The summed E-state index contributed by atoms with van der Waals surface area (Å²) in [4.78, 5) is 22.9. The van der Waals surface area contributed by atoms with Gasteiger partial charge < -0.3 is 9.84 Å². The van der Waals surface area contributed by atoms with Gasteiger partial charge in [0, 0.05) is 12.8 Å². The van der Waals surface area contributed by atoms with E-state index >= 15 is 0 Å². The van der Waals surface area contributed by atoms with Crippen molar-refractivity contribution in [3.63, 3.8) is 0 Å². The Labute approximate surface area is 198 Å². The Bertz CT molecular complexity index is 458. The molecule has 4 nitrogen and oxygen atoms in total. The van der Waals surface area contributed by atoms with Crippen LogP contribution in [0, 0.1) is 0 Å². The van der Waals surface area contributed by atoms with Gasteiger partial charge in [-0.25, -0.2) is 0 Å². The van der Waals surface area contributed by atoms with Gasteiger partial charge >= 0.3 is 11.9 Å². The van der Waals surface area contributed by atoms with Crippen LogP contribution in [-0.4, -0.2) is 23.1 Å². The van der Waals surface area contributed by atoms with Gasteiger partial charge in [-0.1, -0.05) is 83.8 Å². The SMILES string of the molecule is CCCCCC/C=C\CCCCCCCC(=O)OC(CCCCC)CCCCCC(=O)O. The number of esters is 1. The van der Waals surface area contributed by atoms with Crippen molar-refractivity contribution in [1.29, 1.82) is 0 Å². The molecule has 0 aliphatic carbocycles. The Morgan fingerprint density at radius 3 is 1.75 bits per heavy atom. The van der Waals surface area contributed by atoms with Gasteiger partial charge in [0.05, 0.1) is 0 Å². The molecule has 1 N–H and O–H groups in total. The number of carboxylic acid groups (broad SMARTS) is 1. The normalized spacial score (nSPS) is 12.3. The highest BCUT2D eigenvalue weighted by Gasteiger charge is 2.14. The van der Waals surface area contributed by atoms with Crippen molar-refractivity contribution >= 4 is 11.9 Å². The summed E-state index contributed by atoms with van der Waals surface area (Å²) < 4.78 is 5.77. The van der Waals surface area contributed by atoms with E-state index in [1.54, 1.807) is 0 Å². The van der Waals surface area contributed by atoms with Gasteiger partial charge in [0.25, 0.3) is 0 Å². The lowest BCUT2D eigenvalue weighted by Gasteiger charge is -2.18. The molecule has 0 fully saturated rings. The van der Waals surface area contributed by atoms with E-state index in [9.17, 15) is 9.59 Å². The maximum absolute atomic E-state index is 12.3. The van der Waals surface area contributed by atoms with E-state index in [0.717, 1.165) is 51.4 Å². The summed E-state index contributed by atoms with van der Waals surface area (Å²) in [5, 5.41) is 8.73. The fourth-order valence-electron chi connectivity index (χ4n) is 3.94. The summed E-state index contributed by atoms with van der Waals surface area (Å²) in [6.45, 7) is 4.43. The lowest BCUT2D eigenvalue weighted by Crippen LogP contribution is -2.18. The molecular formula is C28H52O4. The smallest absolute Gasteiger partial charge is 0.306 e. The molecule has 0 aromatic heterocycles. The maximum atomic E-state index is 12.3. The molecule has 0 saturated carbocycles. The van der Waals surface area contributed by atoms with Gasteiger partial charge in [-0.05, 0) is 64.2 Å². The molecule has 4 heteroatoms. The van der Waals surface area contributed by atoms with Crippen LogP contribution in [0.2, 0.25) is 0 Å².